The van der Waals surface area contributed by atoms with Gasteiger partial charge in [0.2, 0.25) is 4.96 Å². The van der Waals surface area contributed by atoms with Crippen LogP contribution in [0.15, 0.2) is 54.9 Å². The summed E-state index contributed by atoms with van der Waals surface area (Å²) in [7, 11) is 0. The lowest BCUT2D eigenvalue weighted by atomic mass is 10.2. The molecule has 0 fully saturated rings. The Morgan fingerprint density at radius 2 is 2.04 bits per heavy atom. The average molecular weight is 356 g/mol. The molecule has 0 radical (unpaired) electrons. The van der Waals surface area contributed by atoms with E-state index in [-0.39, 0.29) is 5.91 Å². The molecule has 2 aromatic heterocycles. The van der Waals surface area contributed by atoms with Crippen molar-refractivity contribution >= 4 is 39.5 Å². The number of nitrogens with one attached hydrogen (secondary N) is 1. The maximum absolute atomic E-state index is 12.3. The highest BCUT2D eigenvalue weighted by atomic mass is 35.5. The number of amides is 1. The molecule has 118 valence electrons. The zero-order valence-electron chi connectivity index (χ0n) is 12.2. The van der Waals surface area contributed by atoms with E-state index in [2.05, 4.69) is 20.6 Å². The van der Waals surface area contributed by atoms with Crippen molar-refractivity contribution in [3.8, 4) is 10.6 Å². The van der Waals surface area contributed by atoms with E-state index in [1.54, 1.807) is 35.1 Å². The van der Waals surface area contributed by atoms with Gasteiger partial charge in [-0.25, -0.2) is 0 Å². The van der Waals surface area contributed by atoms with Gasteiger partial charge >= 0.3 is 0 Å². The molecule has 6 nitrogen and oxygen atoms in total. The van der Waals surface area contributed by atoms with Crippen molar-refractivity contribution in [2.24, 2.45) is 0 Å². The van der Waals surface area contributed by atoms with E-state index in [9.17, 15) is 4.79 Å². The predicted octanol–water partition coefficient (Wildman–Crippen LogP) is 3.76. The highest BCUT2D eigenvalue weighted by Crippen LogP contribution is 2.27. The van der Waals surface area contributed by atoms with Gasteiger partial charge in [0.05, 0.1) is 0 Å². The van der Waals surface area contributed by atoms with Crippen LogP contribution in [0.2, 0.25) is 5.02 Å². The largest absolute Gasteiger partial charge is 0.322 e. The lowest BCUT2D eigenvalue weighted by Gasteiger charge is -2.06. The number of benzene rings is 2. The van der Waals surface area contributed by atoms with Crippen LogP contribution in [0.1, 0.15) is 10.4 Å². The normalized spacial score (nSPS) is 10.9. The quantitative estimate of drug-likeness (QED) is 0.607. The maximum atomic E-state index is 12.3. The Hall–Kier alpha value is -2.77. The molecule has 2 aromatic carbocycles. The number of hydrogen-bond donors (Lipinski definition) is 1. The summed E-state index contributed by atoms with van der Waals surface area (Å²) in [6, 6.07) is 14.3. The zero-order chi connectivity index (χ0) is 16.5. The molecule has 8 heteroatoms. The van der Waals surface area contributed by atoms with Crippen molar-refractivity contribution in [2.75, 3.05) is 5.32 Å². The van der Waals surface area contributed by atoms with Crippen LogP contribution in [-0.4, -0.2) is 25.7 Å². The predicted molar refractivity (Wildman–Crippen MR) is 93.5 cm³/mol. The van der Waals surface area contributed by atoms with Gasteiger partial charge in [-0.2, -0.15) is 9.61 Å². The Morgan fingerprint density at radius 1 is 1.17 bits per heavy atom. The van der Waals surface area contributed by atoms with E-state index in [0.717, 1.165) is 15.5 Å². The number of rotatable bonds is 3. The van der Waals surface area contributed by atoms with Gasteiger partial charge in [0.25, 0.3) is 5.91 Å². The summed E-state index contributed by atoms with van der Waals surface area (Å²) in [5.74, 6) is -0.215. The van der Waals surface area contributed by atoms with E-state index < -0.39 is 0 Å². The minimum absolute atomic E-state index is 0.215. The van der Waals surface area contributed by atoms with Crippen molar-refractivity contribution in [1.29, 1.82) is 0 Å². The fraction of sp³-hybridized carbons (Fsp3) is 0. The molecule has 4 aromatic rings. The molecule has 0 unspecified atom stereocenters. The molecule has 0 spiro atoms. The van der Waals surface area contributed by atoms with Crippen LogP contribution in [0, 0.1) is 0 Å². The molecule has 1 amide bonds. The summed E-state index contributed by atoms with van der Waals surface area (Å²) in [5.41, 5.74) is 2.09. The molecule has 0 aliphatic heterocycles. The molecule has 4 rings (SSSR count). The Morgan fingerprint density at radius 3 is 2.88 bits per heavy atom. The molecular weight excluding hydrogens is 346 g/mol. The summed E-state index contributed by atoms with van der Waals surface area (Å²) in [6.07, 6.45) is 1.56. The van der Waals surface area contributed by atoms with E-state index in [4.69, 9.17) is 11.6 Å². The molecule has 0 aliphatic carbocycles. The highest BCUT2D eigenvalue weighted by molar-refractivity contribution is 7.19. The number of carbonyl (C=O) groups excluding carboxylic acids is 1. The summed E-state index contributed by atoms with van der Waals surface area (Å²) < 4.78 is 1.62. The van der Waals surface area contributed by atoms with Crippen LogP contribution in [-0.2, 0) is 0 Å². The molecule has 0 atom stereocenters. The van der Waals surface area contributed by atoms with E-state index in [1.165, 1.54) is 11.3 Å². The number of aromatic nitrogens is 4. The monoisotopic (exact) mass is 355 g/mol. The van der Waals surface area contributed by atoms with E-state index >= 15 is 0 Å². The number of hydrogen-bond acceptors (Lipinski definition) is 5. The van der Waals surface area contributed by atoms with Gasteiger partial charge in [-0.05, 0) is 30.3 Å². The second-order valence-corrected chi connectivity index (χ2v) is 6.40. The first-order valence-electron chi connectivity index (χ1n) is 7.03. The molecule has 0 bridgehead atoms. The third kappa shape index (κ3) is 2.86. The highest BCUT2D eigenvalue weighted by Gasteiger charge is 2.10. The first-order chi connectivity index (χ1) is 11.7. The Bertz CT molecular complexity index is 1010. The second-order valence-electron chi connectivity index (χ2n) is 5.01. The molecular formula is C16H10ClN5OS. The first-order valence-corrected chi connectivity index (χ1v) is 8.23. The van der Waals surface area contributed by atoms with Gasteiger partial charge in [0.15, 0.2) is 0 Å². The van der Waals surface area contributed by atoms with Gasteiger partial charge in [0, 0.05) is 21.8 Å². The minimum Gasteiger partial charge on any atom is -0.322 e. The maximum Gasteiger partial charge on any atom is 0.255 e. The van der Waals surface area contributed by atoms with Crippen LogP contribution in [0.3, 0.4) is 0 Å². The summed E-state index contributed by atoms with van der Waals surface area (Å²) in [6.45, 7) is 0. The van der Waals surface area contributed by atoms with E-state index in [0.29, 0.717) is 16.3 Å². The summed E-state index contributed by atoms with van der Waals surface area (Å²) in [5, 5.41) is 16.4. The first kappa shape index (κ1) is 14.8. The number of halogens is 1. The lowest BCUT2D eigenvalue weighted by Crippen LogP contribution is -2.11. The molecule has 2 heterocycles. The van der Waals surface area contributed by atoms with Gasteiger partial charge in [0.1, 0.15) is 11.3 Å². The van der Waals surface area contributed by atoms with Crippen molar-refractivity contribution in [3.05, 3.63) is 65.4 Å². The third-order valence-corrected chi connectivity index (χ3v) is 4.54. The van der Waals surface area contributed by atoms with Crippen molar-refractivity contribution in [2.45, 2.75) is 0 Å². The summed E-state index contributed by atoms with van der Waals surface area (Å²) >= 11 is 7.36. The minimum atomic E-state index is -0.215. The number of fused-ring (bicyclic) bond motifs is 1. The number of nitrogens with zero attached hydrogens (tertiary/aromatic N) is 4. The summed E-state index contributed by atoms with van der Waals surface area (Å²) in [4.78, 5) is 13.0. The molecule has 24 heavy (non-hydrogen) atoms. The van der Waals surface area contributed by atoms with Crippen LogP contribution >= 0.6 is 22.9 Å². The van der Waals surface area contributed by atoms with Gasteiger partial charge < -0.3 is 5.32 Å². The average Bonchev–Trinajstić information content (AvgIpc) is 3.17. The molecule has 0 aliphatic rings. The van der Waals surface area contributed by atoms with Crippen LogP contribution in [0.5, 0.6) is 0 Å². The lowest BCUT2D eigenvalue weighted by molar-refractivity contribution is 0.102. The standard InChI is InChI=1S/C16H10ClN5OS/c17-12-5-1-3-10(7-12)14(23)19-13-6-2-4-11(8-13)15-21-22-9-18-20-16(22)24-15/h1-9H,(H,19,23). The number of anilines is 1. The van der Waals surface area contributed by atoms with Crippen LogP contribution < -0.4 is 5.32 Å². The van der Waals surface area contributed by atoms with Crippen molar-refractivity contribution in [3.63, 3.8) is 0 Å². The zero-order valence-corrected chi connectivity index (χ0v) is 13.8. The fourth-order valence-electron chi connectivity index (χ4n) is 2.24. The van der Waals surface area contributed by atoms with Crippen LogP contribution in [0.4, 0.5) is 5.69 Å². The SMILES string of the molecule is O=C(Nc1cccc(-c2nn3cnnc3s2)c1)c1cccc(Cl)c1. The molecule has 1 N–H and O–H groups in total. The smallest absolute Gasteiger partial charge is 0.255 e. The molecule has 0 saturated heterocycles. The van der Waals surface area contributed by atoms with Gasteiger partial charge in [-0.1, -0.05) is 41.1 Å². The van der Waals surface area contributed by atoms with Gasteiger partial charge in [-0.15, -0.1) is 10.2 Å². The molecule has 0 saturated carbocycles. The fourth-order valence-corrected chi connectivity index (χ4v) is 3.25. The Kier molecular flexibility index (Phi) is 3.72. The third-order valence-electron chi connectivity index (χ3n) is 3.34. The van der Waals surface area contributed by atoms with Gasteiger partial charge in [-0.3, -0.25) is 4.79 Å². The van der Waals surface area contributed by atoms with Crippen LogP contribution in [0.25, 0.3) is 15.5 Å². The topological polar surface area (TPSA) is 72.2 Å². The Labute approximate surface area is 145 Å². The number of carbonyl (C=O) groups is 1. The van der Waals surface area contributed by atoms with Crippen molar-refractivity contribution in [1.82, 2.24) is 19.8 Å². The Balaban J connectivity index is 1.60. The van der Waals surface area contributed by atoms with E-state index in [1.807, 2.05) is 24.3 Å². The second kappa shape index (κ2) is 6.03. The van der Waals surface area contributed by atoms with Crippen molar-refractivity contribution < 1.29 is 4.79 Å².